The van der Waals surface area contributed by atoms with Gasteiger partial charge in [-0.1, -0.05) is 6.58 Å². The van der Waals surface area contributed by atoms with Gasteiger partial charge in [0.25, 0.3) is 0 Å². The molecule has 10 heavy (non-hydrogen) atoms. The van der Waals surface area contributed by atoms with E-state index in [-0.39, 0.29) is 18.6 Å². The molecular weight excluding hydrogens is 152 g/mol. The van der Waals surface area contributed by atoms with Crippen LogP contribution in [0.1, 0.15) is 19.8 Å². The minimum absolute atomic E-state index is 0.103. The third kappa shape index (κ3) is 4.27. The Morgan fingerprint density at radius 3 is 2.20 bits per heavy atom. The molecule has 0 aromatic carbocycles. The first-order chi connectivity index (χ1) is 4.54. The Morgan fingerprint density at radius 2 is 1.90 bits per heavy atom. The third-order valence-corrected chi connectivity index (χ3v) is 1.21. The highest BCUT2D eigenvalue weighted by atomic mass is 35.5. The molecule has 0 amide bonds. The monoisotopic (exact) mass is 160 g/mol. The molecule has 0 unspecified atom stereocenters. The van der Waals surface area contributed by atoms with E-state index in [1.54, 1.807) is 6.92 Å². The van der Waals surface area contributed by atoms with Crippen molar-refractivity contribution in [3.63, 3.8) is 0 Å². The number of carbonyl (C=O) groups is 2. The highest BCUT2D eigenvalue weighted by Crippen LogP contribution is 2.01. The fourth-order valence-electron chi connectivity index (χ4n) is 0.425. The molecule has 0 aliphatic rings. The van der Waals surface area contributed by atoms with Crippen molar-refractivity contribution in [2.45, 2.75) is 19.8 Å². The molecule has 0 fully saturated rings. The van der Waals surface area contributed by atoms with Crippen LogP contribution in [0, 0.1) is 0 Å². The van der Waals surface area contributed by atoms with Crippen LogP contribution < -0.4 is 0 Å². The molecule has 0 radical (unpaired) electrons. The van der Waals surface area contributed by atoms with Gasteiger partial charge in [0, 0.05) is 12.8 Å². The second-order valence-electron chi connectivity index (χ2n) is 2.06. The number of allylic oxidation sites excluding steroid dienone is 1. The minimum Gasteiger partial charge on any atom is -0.295 e. The van der Waals surface area contributed by atoms with E-state index in [2.05, 4.69) is 6.58 Å². The van der Waals surface area contributed by atoms with Gasteiger partial charge in [0.15, 0.2) is 5.78 Å². The first-order valence-corrected chi connectivity index (χ1v) is 3.29. The van der Waals surface area contributed by atoms with Gasteiger partial charge in [-0.05, 0) is 24.1 Å². The van der Waals surface area contributed by atoms with E-state index in [9.17, 15) is 9.59 Å². The Bertz CT molecular complexity index is 172. The normalized spacial score (nSPS) is 9.00. The predicted octanol–water partition coefficient (Wildman–Crippen LogP) is 1.68. The zero-order valence-electron chi connectivity index (χ0n) is 5.82. The summed E-state index contributed by atoms with van der Waals surface area (Å²) in [5.41, 5.74) is 0.470. The van der Waals surface area contributed by atoms with E-state index >= 15 is 0 Å². The van der Waals surface area contributed by atoms with Gasteiger partial charge in [0.05, 0.1) is 0 Å². The lowest BCUT2D eigenvalue weighted by atomic mass is 10.1. The van der Waals surface area contributed by atoms with Crippen LogP contribution >= 0.6 is 11.6 Å². The van der Waals surface area contributed by atoms with Gasteiger partial charge in [-0.2, -0.15) is 0 Å². The molecule has 56 valence electrons. The van der Waals surface area contributed by atoms with Crippen molar-refractivity contribution >= 4 is 22.6 Å². The van der Waals surface area contributed by atoms with Gasteiger partial charge in [-0.15, -0.1) is 0 Å². The van der Waals surface area contributed by atoms with Crippen LogP contribution in [0.4, 0.5) is 0 Å². The summed E-state index contributed by atoms with van der Waals surface area (Å²) in [6.07, 6.45) is 0.283. The van der Waals surface area contributed by atoms with Crippen LogP contribution in [0.3, 0.4) is 0 Å². The molecular formula is C7H9ClO2. The number of Topliss-reactive ketones (excluding diaryl/α,β-unsaturated/α-hetero) is 1. The molecule has 0 aromatic heterocycles. The quantitative estimate of drug-likeness (QED) is 0.463. The number of halogens is 1. The summed E-state index contributed by atoms with van der Waals surface area (Å²) < 4.78 is 0. The second kappa shape index (κ2) is 4.23. The summed E-state index contributed by atoms with van der Waals surface area (Å²) in [6, 6.07) is 0. The van der Waals surface area contributed by atoms with E-state index in [0.717, 1.165) is 0 Å². The van der Waals surface area contributed by atoms with E-state index in [0.29, 0.717) is 5.57 Å². The van der Waals surface area contributed by atoms with Crippen molar-refractivity contribution in [1.82, 2.24) is 0 Å². The van der Waals surface area contributed by atoms with Gasteiger partial charge >= 0.3 is 0 Å². The lowest BCUT2D eigenvalue weighted by Gasteiger charge is -1.93. The van der Waals surface area contributed by atoms with Crippen molar-refractivity contribution < 1.29 is 9.59 Å². The van der Waals surface area contributed by atoms with Crippen LogP contribution in [0.5, 0.6) is 0 Å². The van der Waals surface area contributed by atoms with Crippen LogP contribution in [-0.4, -0.2) is 11.0 Å². The lowest BCUT2D eigenvalue weighted by molar-refractivity contribution is -0.118. The summed E-state index contributed by atoms with van der Waals surface area (Å²) in [5, 5.41) is -0.477. The predicted molar refractivity (Wildman–Crippen MR) is 39.9 cm³/mol. The highest BCUT2D eigenvalue weighted by Gasteiger charge is 2.04. The fraction of sp³-hybridized carbons (Fsp3) is 0.429. The molecule has 0 saturated carbocycles. The van der Waals surface area contributed by atoms with Crippen LogP contribution in [-0.2, 0) is 9.59 Å². The molecule has 0 aliphatic carbocycles. The Morgan fingerprint density at radius 1 is 1.40 bits per heavy atom. The van der Waals surface area contributed by atoms with Crippen molar-refractivity contribution in [1.29, 1.82) is 0 Å². The molecule has 0 N–H and O–H groups in total. The average molecular weight is 161 g/mol. The van der Waals surface area contributed by atoms with Crippen LogP contribution in [0.15, 0.2) is 12.2 Å². The number of rotatable bonds is 4. The first kappa shape index (κ1) is 9.37. The zero-order chi connectivity index (χ0) is 8.15. The maximum atomic E-state index is 10.7. The standard InChI is InChI=1S/C7H9ClO2/c1-5(2)6(9)3-4-7(8)10/h1,3-4H2,2H3. The summed E-state index contributed by atoms with van der Waals surface area (Å²) in [4.78, 5) is 20.9. The zero-order valence-corrected chi connectivity index (χ0v) is 6.57. The lowest BCUT2D eigenvalue weighted by Crippen LogP contribution is -2.00. The molecule has 0 saturated heterocycles. The first-order valence-electron chi connectivity index (χ1n) is 2.91. The van der Waals surface area contributed by atoms with Gasteiger partial charge in [-0.3, -0.25) is 9.59 Å². The molecule has 0 aliphatic heterocycles. The Labute approximate surface area is 64.9 Å². The maximum Gasteiger partial charge on any atom is 0.222 e. The summed E-state index contributed by atoms with van der Waals surface area (Å²) in [7, 11) is 0. The fourth-order valence-corrected chi connectivity index (χ4v) is 0.520. The number of carbonyl (C=O) groups excluding carboxylic acids is 2. The summed E-state index contributed by atoms with van der Waals surface area (Å²) >= 11 is 5.01. The molecule has 0 spiro atoms. The topological polar surface area (TPSA) is 34.1 Å². The van der Waals surface area contributed by atoms with Gasteiger partial charge < -0.3 is 0 Å². The molecule has 3 heteroatoms. The molecule has 2 nitrogen and oxygen atoms in total. The van der Waals surface area contributed by atoms with Gasteiger partial charge in [0.2, 0.25) is 5.24 Å². The van der Waals surface area contributed by atoms with Crippen molar-refractivity contribution in [3.05, 3.63) is 12.2 Å². The molecule has 0 rings (SSSR count). The van der Waals surface area contributed by atoms with Crippen molar-refractivity contribution in [2.24, 2.45) is 0 Å². The number of hydrogen-bond acceptors (Lipinski definition) is 2. The molecule has 0 heterocycles. The van der Waals surface area contributed by atoms with Gasteiger partial charge in [-0.25, -0.2) is 0 Å². The molecule has 0 aromatic rings. The van der Waals surface area contributed by atoms with Crippen molar-refractivity contribution in [3.8, 4) is 0 Å². The third-order valence-electron chi connectivity index (χ3n) is 1.02. The Balaban J connectivity index is 3.60. The number of hydrogen-bond donors (Lipinski definition) is 0. The minimum atomic E-state index is -0.477. The highest BCUT2D eigenvalue weighted by molar-refractivity contribution is 6.63. The second-order valence-corrected chi connectivity index (χ2v) is 2.48. The average Bonchev–Trinajstić information content (AvgIpc) is 1.82. The largest absolute Gasteiger partial charge is 0.295 e. The smallest absolute Gasteiger partial charge is 0.222 e. The Hall–Kier alpha value is -0.630. The maximum absolute atomic E-state index is 10.7. The summed E-state index contributed by atoms with van der Waals surface area (Å²) in [5.74, 6) is -0.103. The SMILES string of the molecule is C=C(C)C(=O)CCC(=O)Cl. The van der Waals surface area contributed by atoms with Gasteiger partial charge in [0.1, 0.15) is 0 Å². The van der Waals surface area contributed by atoms with E-state index < -0.39 is 5.24 Å². The van der Waals surface area contributed by atoms with Crippen LogP contribution in [0.2, 0.25) is 0 Å². The van der Waals surface area contributed by atoms with E-state index in [1.165, 1.54) is 0 Å². The number of ketones is 1. The summed E-state index contributed by atoms with van der Waals surface area (Å²) in [6.45, 7) is 5.04. The molecule has 0 bridgehead atoms. The van der Waals surface area contributed by atoms with E-state index in [1.807, 2.05) is 0 Å². The van der Waals surface area contributed by atoms with E-state index in [4.69, 9.17) is 11.6 Å². The van der Waals surface area contributed by atoms with Crippen LogP contribution in [0.25, 0.3) is 0 Å². The molecule has 0 atom stereocenters. The van der Waals surface area contributed by atoms with Crippen molar-refractivity contribution in [2.75, 3.05) is 0 Å². The Kier molecular flexibility index (Phi) is 3.96.